The standard InChI is InChI=1S/C17H21N3O4S/c1-19-13-17(24-16-15(25(19,21)22)5-2-8-18-16)6-9-20(10-7-17)12-14-4-3-11-23-14/h2-5,8,11H,6-7,9-10,12-13H2,1H3. The number of likely N-dealkylation sites (N-methyl/N-ethyl adjacent to an activating group) is 1. The summed E-state index contributed by atoms with van der Waals surface area (Å²) in [6.07, 6.45) is 4.73. The van der Waals surface area contributed by atoms with Gasteiger partial charge in [-0.2, -0.15) is 4.31 Å². The van der Waals surface area contributed by atoms with Crippen molar-refractivity contribution in [3.8, 4) is 5.88 Å². The molecule has 1 saturated heterocycles. The van der Waals surface area contributed by atoms with E-state index in [4.69, 9.17) is 9.15 Å². The molecule has 2 aromatic heterocycles. The third-order valence-electron chi connectivity index (χ3n) is 4.98. The number of sulfonamides is 1. The summed E-state index contributed by atoms with van der Waals surface area (Å²) in [5.41, 5.74) is -0.541. The molecular formula is C17H21N3O4S. The lowest BCUT2D eigenvalue weighted by Crippen LogP contribution is -2.53. The van der Waals surface area contributed by atoms with E-state index in [-0.39, 0.29) is 10.8 Å². The quantitative estimate of drug-likeness (QED) is 0.809. The first-order valence-corrected chi connectivity index (χ1v) is 9.78. The Kier molecular flexibility index (Phi) is 4.05. The van der Waals surface area contributed by atoms with Crippen LogP contribution in [-0.2, 0) is 16.6 Å². The zero-order valence-electron chi connectivity index (χ0n) is 14.1. The van der Waals surface area contributed by atoms with Gasteiger partial charge in [0, 0.05) is 39.2 Å². The Bertz CT molecular complexity index is 843. The molecule has 2 aliphatic heterocycles. The Morgan fingerprint density at radius 1 is 1.24 bits per heavy atom. The van der Waals surface area contributed by atoms with Crippen molar-refractivity contribution in [2.75, 3.05) is 26.7 Å². The summed E-state index contributed by atoms with van der Waals surface area (Å²) in [6, 6.07) is 7.03. The van der Waals surface area contributed by atoms with Crippen molar-refractivity contribution in [1.82, 2.24) is 14.2 Å². The van der Waals surface area contributed by atoms with Crippen molar-refractivity contribution in [2.24, 2.45) is 0 Å². The highest BCUT2D eigenvalue weighted by atomic mass is 32.2. The summed E-state index contributed by atoms with van der Waals surface area (Å²) < 4.78 is 38.4. The van der Waals surface area contributed by atoms with Gasteiger partial charge in [0.1, 0.15) is 16.3 Å². The minimum atomic E-state index is -3.57. The number of ether oxygens (including phenoxy) is 1. The van der Waals surface area contributed by atoms with Crippen LogP contribution in [-0.4, -0.2) is 54.9 Å². The number of rotatable bonds is 2. The van der Waals surface area contributed by atoms with E-state index in [2.05, 4.69) is 9.88 Å². The molecule has 0 aliphatic carbocycles. The molecular weight excluding hydrogens is 342 g/mol. The Hall–Kier alpha value is -1.90. The summed E-state index contributed by atoms with van der Waals surface area (Å²) in [5, 5.41) is 0. The van der Waals surface area contributed by atoms with Gasteiger partial charge < -0.3 is 9.15 Å². The average molecular weight is 363 g/mol. The third-order valence-corrected chi connectivity index (χ3v) is 6.79. The predicted octanol–water partition coefficient (Wildman–Crippen LogP) is 1.72. The Labute approximate surface area is 147 Å². The van der Waals surface area contributed by atoms with Crippen LogP contribution in [0.25, 0.3) is 0 Å². The van der Waals surface area contributed by atoms with Crippen LogP contribution < -0.4 is 4.74 Å². The van der Waals surface area contributed by atoms with Gasteiger partial charge in [0.2, 0.25) is 15.9 Å². The number of aromatic nitrogens is 1. The highest BCUT2D eigenvalue weighted by Crippen LogP contribution is 2.37. The Balaban J connectivity index is 1.55. The molecule has 0 unspecified atom stereocenters. The van der Waals surface area contributed by atoms with Crippen molar-refractivity contribution in [3.05, 3.63) is 42.5 Å². The molecule has 2 aliphatic rings. The number of furan rings is 1. The van der Waals surface area contributed by atoms with Crippen LogP contribution in [0.15, 0.2) is 46.0 Å². The molecule has 0 N–H and O–H groups in total. The molecule has 25 heavy (non-hydrogen) atoms. The van der Waals surface area contributed by atoms with E-state index >= 15 is 0 Å². The van der Waals surface area contributed by atoms with Crippen LogP contribution in [0.2, 0.25) is 0 Å². The smallest absolute Gasteiger partial charge is 0.248 e. The SMILES string of the molecule is CN1CC2(CCN(Cc3ccco3)CC2)Oc2ncccc2S1(=O)=O. The van der Waals surface area contributed by atoms with E-state index in [1.165, 1.54) is 4.31 Å². The number of piperidine rings is 1. The molecule has 0 radical (unpaired) electrons. The molecule has 7 nitrogen and oxygen atoms in total. The lowest BCUT2D eigenvalue weighted by Gasteiger charge is -2.41. The summed E-state index contributed by atoms with van der Waals surface area (Å²) in [6.45, 7) is 2.72. The van der Waals surface area contributed by atoms with Crippen molar-refractivity contribution in [3.63, 3.8) is 0 Å². The normalized spacial score (nSPS) is 22.9. The fourth-order valence-corrected chi connectivity index (χ4v) is 4.85. The summed E-state index contributed by atoms with van der Waals surface area (Å²) in [7, 11) is -1.96. The molecule has 0 bridgehead atoms. The van der Waals surface area contributed by atoms with E-state index < -0.39 is 15.6 Å². The Morgan fingerprint density at radius 3 is 2.76 bits per heavy atom. The molecule has 4 heterocycles. The average Bonchev–Trinajstić information content (AvgIpc) is 3.08. The number of hydrogen-bond acceptors (Lipinski definition) is 6. The van der Waals surface area contributed by atoms with E-state index in [0.29, 0.717) is 6.54 Å². The van der Waals surface area contributed by atoms with Crippen LogP contribution in [0.4, 0.5) is 0 Å². The summed E-state index contributed by atoms with van der Waals surface area (Å²) in [5.74, 6) is 1.15. The van der Waals surface area contributed by atoms with Crippen LogP contribution in [0.5, 0.6) is 5.88 Å². The van der Waals surface area contributed by atoms with Gasteiger partial charge in [-0.3, -0.25) is 4.90 Å². The Morgan fingerprint density at radius 2 is 2.04 bits per heavy atom. The monoisotopic (exact) mass is 363 g/mol. The second kappa shape index (κ2) is 6.12. The lowest BCUT2D eigenvalue weighted by atomic mass is 9.90. The molecule has 0 atom stereocenters. The van der Waals surface area contributed by atoms with E-state index in [1.807, 2.05) is 12.1 Å². The lowest BCUT2D eigenvalue weighted by molar-refractivity contribution is -0.0133. The number of nitrogens with zero attached hydrogens (tertiary/aromatic N) is 3. The second-order valence-electron chi connectivity index (χ2n) is 6.71. The number of pyridine rings is 1. The van der Waals surface area contributed by atoms with Crippen LogP contribution in [0, 0.1) is 0 Å². The van der Waals surface area contributed by atoms with Crippen molar-refractivity contribution < 1.29 is 17.6 Å². The second-order valence-corrected chi connectivity index (χ2v) is 8.72. The maximum absolute atomic E-state index is 12.7. The first-order valence-electron chi connectivity index (χ1n) is 8.34. The maximum atomic E-state index is 12.7. The molecule has 0 aromatic carbocycles. The molecule has 134 valence electrons. The number of hydrogen-bond donors (Lipinski definition) is 0. The third kappa shape index (κ3) is 3.05. The van der Waals surface area contributed by atoms with Crippen LogP contribution in [0.3, 0.4) is 0 Å². The highest BCUT2D eigenvalue weighted by Gasteiger charge is 2.44. The van der Waals surface area contributed by atoms with Gasteiger partial charge in [-0.05, 0) is 24.3 Å². The van der Waals surface area contributed by atoms with Crippen LogP contribution >= 0.6 is 0 Å². The maximum Gasteiger partial charge on any atom is 0.248 e. The molecule has 4 rings (SSSR count). The fraction of sp³-hybridized carbons (Fsp3) is 0.471. The zero-order chi connectivity index (χ0) is 17.5. The highest BCUT2D eigenvalue weighted by molar-refractivity contribution is 7.89. The molecule has 0 amide bonds. The van der Waals surface area contributed by atoms with Gasteiger partial charge >= 0.3 is 0 Å². The molecule has 8 heteroatoms. The molecule has 1 spiro atoms. The van der Waals surface area contributed by atoms with Crippen molar-refractivity contribution >= 4 is 10.0 Å². The first kappa shape index (κ1) is 16.6. The van der Waals surface area contributed by atoms with Gasteiger partial charge in [0.05, 0.1) is 19.4 Å². The zero-order valence-corrected chi connectivity index (χ0v) is 14.9. The largest absolute Gasteiger partial charge is 0.469 e. The molecule has 2 aromatic rings. The number of fused-ring (bicyclic) bond motifs is 1. The van der Waals surface area contributed by atoms with Crippen molar-refractivity contribution in [1.29, 1.82) is 0 Å². The van der Waals surface area contributed by atoms with Crippen LogP contribution in [0.1, 0.15) is 18.6 Å². The van der Waals surface area contributed by atoms with E-state index in [1.54, 1.807) is 31.6 Å². The minimum absolute atomic E-state index is 0.146. The first-order chi connectivity index (χ1) is 12.0. The van der Waals surface area contributed by atoms with E-state index in [9.17, 15) is 8.42 Å². The van der Waals surface area contributed by atoms with Gasteiger partial charge in [0.15, 0.2) is 0 Å². The van der Waals surface area contributed by atoms with Gasteiger partial charge in [-0.25, -0.2) is 13.4 Å². The van der Waals surface area contributed by atoms with E-state index in [0.717, 1.165) is 38.2 Å². The minimum Gasteiger partial charge on any atom is -0.469 e. The van der Waals surface area contributed by atoms with Gasteiger partial charge in [-0.1, -0.05) is 0 Å². The predicted molar refractivity (Wildman–Crippen MR) is 90.6 cm³/mol. The van der Waals surface area contributed by atoms with Gasteiger partial charge in [0.25, 0.3) is 0 Å². The topological polar surface area (TPSA) is 75.9 Å². The summed E-state index contributed by atoms with van der Waals surface area (Å²) in [4.78, 5) is 6.63. The van der Waals surface area contributed by atoms with Gasteiger partial charge in [-0.15, -0.1) is 0 Å². The fourth-order valence-electron chi connectivity index (χ4n) is 3.55. The number of likely N-dealkylation sites (tertiary alicyclic amines) is 1. The summed E-state index contributed by atoms with van der Waals surface area (Å²) >= 11 is 0. The molecule has 1 fully saturated rings. The molecule has 0 saturated carbocycles. The van der Waals surface area contributed by atoms with Crippen molar-refractivity contribution in [2.45, 2.75) is 29.9 Å².